The number of imidazole rings is 1. The van der Waals surface area contributed by atoms with Gasteiger partial charge < -0.3 is 20.1 Å². The Balaban J connectivity index is 1.08. The molecule has 9 heteroatoms. The van der Waals surface area contributed by atoms with E-state index in [1.54, 1.807) is 30.1 Å². The number of hydrogen-bond acceptors (Lipinski definition) is 5. The van der Waals surface area contributed by atoms with Gasteiger partial charge in [-0.3, -0.25) is 4.79 Å². The minimum Gasteiger partial charge on any atom is -0.378 e. The molecule has 0 radical (unpaired) electrons. The number of benzene rings is 2. The van der Waals surface area contributed by atoms with E-state index in [2.05, 4.69) is 28.2 Å². The monoisotopic (exact) mass is 572 g/mol. The second-order valence-corrected chi connectivity index (χ2v) is 12.3. The van der Waals surface area contributed by atoms with Crippen molar-refractivity contribution in [3.8, 4) is 17.9 Å². The molecule has 1 heterocycles. The molecule has 210 valence electrons. The standard InChI is InChI=1S/C32H30ClFN4O3/c1-38-18-36-28(29(38)30(39)37-25-6-7-27(34)26(33)12-25)21-10-22-13-31(40,14-23(22)11-21)8-9-32(41)15-24(16-32)20-4-2-19(17-35)3-5-20/h2-7,12,18,21-24,40-41H,10-11,13-16H2,1H3,(H,37,39). The summed E-state index contributed by atoms with van der Waals surface area (Å²) in [5.41, 5.74) is 1.02. The van der Waals surface area contributed by atoms with Crippen LogP contribution >= 0.6 is 11.6 Å². The highest BCUT2D eigenvalue weighted by Gasteiger charge is 2.50. The van der Waals surface area contributed by atoms with E-state index >= 15 is 0 Å². The maximum atomic E-state index is 13.5. The highest BCUT2D eigenvalue weighted by molar-refractivity contribution is 6.31. The van der Waals surface area contributed by atoms with Crippen LogP contribution in [-0.4, -0.2) is 36.9 Å². The van der Waals surface area contributed by atoms with Gasteiger partial charge in [0.2, 0.25) is 0 Å². The zero-order valence-corrected chi connectivity index (χ0v) is 23.3. The van der Waals surface area contributed by atoms with E-state index in [0.717, 1.165) is 24.1 Å². The molecule has 3 fully saturated rings. The summed E-state index contributed by atoms with van der Waals surface area (Å²) in [5.74, 6) is 5.89. The maximum Gasteiger partial charge on any atom is 0.274 e. The Morgan fingerprint density at radius 1 is 1.05 bits per heavy atom. The van der Waals surface area contributed by atoms with Crippen LogP contribution in [0.4, 0.5) is 10.1 Å². The van der Waals surface area contributed by atoms with Crippen molar-refractivity contribution in [2.24, 2.45) is 18.9 Å². The molecule has 3 aliphatic carbocycles. The third-order valence-electron chi connectivity index (χ3n) is 8.99. The van der Waals surface area contributed by atoms with Gasteiger partial charge in [-0.1, -0.05) is 35.6 Å². The quantitative estimate of drug-likeness (QED) is 0.368. The SMILES string of the molecule is Cn1cnc(C2CC3CC(O)(C#CC4(O)CC(c5ccc(C#N)cc5)C4)CC3C2)c1C(=O)Nc1ccc(F)c(Cl)c1. The largest absolute Gasteiger partial charge is 0.378 e. The Morgan fingerprint density at radius 3 is 2.29 bits per heavy atom. The zero-order chi connectivity index (χ0) is 28.9. The molecule has 3 N–H and O–H groups in total. The number of nitrogens with zero attached hydrogens (tertiary/aromatic N) is 3. The first kappa shape index (κ1) is 27.5. The first-order valence-corrected chi connectivity index (χ1v) is 14.2. The summed E-state index contributed by atoms with van der Waals surface area (Å²) >= 11 is 5.87. The molecule has 0 bridgehead atoms. The summed E-state index contributed by atoms with van der Waals surface area (Å²) in [6, 6.07) is 13.6. The van der Waals surface area contributed by atoms with Crippen molar-refractivity contribution in [1.82, 2.24) is 9.55 Å². The summed E-state index contributed by atoms with van der Waals surface area (Å²) in [5, 5.41) is 33.9. The van der Waals surface area contributed by atoms with Crippen LogP contribution in [0.25, 0.3) is 0 Å². The van der Waals surface area contributed by atoms with Crippen LogP contribution in [0.15, 0.2) is 48.8 Å². The number of aliphatic hydroxyl groups is 2. The van der Waals surface area contributed by atoms with Crippen molar-refractivity contribution in [1.29, 1.82) is 5.26 Å². The third kappa shape index (κ3) is 5.36. The molecular weight excluding hydrogens is 543 g/mol. The molecule has 3 saturated carbocycles. The summed E-state index contributed by atoms with van der Waals surface area (Å²) in [7, 11) is 1.77. The highest BCUT2D eigenvalue weighted by atomic mass is 35.5. The van der Waals surface area contributed by atoms with Crippen molar-refractivity contribution in [3.63, 3.8) is 0 Å². The van der Waals surface area contributed by atoms with Gasteiger partial charge in [0.1, 0.15) is 22.7 Å². The van der Waals surface area contributed by atoms with Gasteiger partial charge in [-0.05, 0) is 92.2 Å². The van der Waals surface area contributed by atoms with Gasteiger partial charge in [0.25, 0.3) is 5.91 Å². The number of carbonyl (C=O) groups excluding carboxylic acids is 1. The highest BCUT2D eigenvalue weighted by Crippen LogP contribution is 2.54. The minimum absolute atomic E-state index is 0.0669. The molecule has 0 aliphatic heterocycles. The number of aryl methyl sites for hydroxylation is 1. The van der Waals surface area contributed by atoms with Crippen LogP contribution in [0.1, 0.15) is 77.7 Å². The summed E-state index contributed by atoms with van der Waals surface area (Å²) in [4.78, 5) is 17.7. The van der Waals surface area contributed by atoms with Crippen LogP contribution in [0.2, 0.25) is 5.02 Å². The topological polar surface area (TPSA) is 111 Å². The number of anilines is 1. The molecule has 1 aromatic heterocycles. The third-order valence-corrected chi connectivity index (χ3v) is 9.28. The molecule has 2 atom stereocenters. The lowest BCUT2D eigenvalue weighted by atomic mass is 9.68. The van der Waals surface area contributed by atoms with E-state index in [4.69, 9.17) is 16.9 Å². The fraction of sp³-hybridized carbons (Fsp3) is 0.406. The van der Waals surface area contributed by atoms with Crippen LogP contribution in [-0.2, 0) is 7.05 Å². The lowest BCUT2D eigenvalue weighted by molar-refractivity contribution is 0.00464. The molecule has 7 nitrogen and oxygen atoms in total. The van der Waals surface area contributed by atoms with Crippen LogP contribution < -0.4 is 5.32 Å². The second kappa shape index (κ2) is 10.3. The van der Waals surface area contributed by atoms with E-state index in [1.807, 2.05) is 12.1 Å². The molecule has 6 rings (SSSR count). The molecular formula is C32H30ClFN4O3. The first-order chi connectivity index (χ1) is 19.5. The molecule has 1 amide bonds. The summed E-state index contributed by atoms with van der Waals surface area (Å²) in [6.07, 6.45) is 5.27. The predicted octanol–water partition coefficient (Wildman–Crippen LogP) is 5.28. The van der Waals surface area contributed by atoms with E-state index in [0.29, 0.717) is 42.6 Å². The Morgan fingerprint density at radius 2 is 1.68 bits per heavy atom. The molecule has 2 unspecified atom stereocenters. The smallest absolute Gasteiger partial charge is 0.274 e. The van der Waals surface area contributed by atoms with Gasteiger partial charge in [0, 0.05) is 18.7 Å². The fourth-order valence-electron chi connectivity index (χ4n) is 6.93. The average molecular weight is 573 g/mol. The normalized spacial score (nSPS) is 30.0. The molecule has 0 spiro atoms. The number of nitriles is 1. The van der Waals surface area contributed by atoms with Crippen molar-refractivity contribution < 1.29 is 19.4 Å². The summed E-state index contributed by atoms with van der Waals surface area (Å²) < 4.78 is 15.2. The van der Waals surface area contributed by atoms with E-state index in [-0.39, 0.29) is 34.6 Å². The lowest BCUT2D eigenvalue weighted by Crippen LogP contribution is -2.41. The maximum absolute atomic E-state index is 13.5. The molecule has 3 aliphatic rings. The van der Waals surface area contributed by atoms with Crippen LogP contribution in [0.5, 0.6) is 0 Å². The Kier molecular flexibility index (Phi) is 6.90. The Hall–Kier alpha value is -3.69. The Labute approximate surface area is 243 Å². The van der Waals surface area contributed by atoms with Gasteiger partial charge in [-0.15, -0.1) is 0 Å². The van der Waals surface area contributed by atoms with Crippen LogP contribution in [0, 0.1) is 40.8 Å². The second-order valence-electron chi connectivity index (χ2n) is 11.9. The average Bonchev–Trinajstić information content (AvgIpc) is 3.59. The predicted molar refractivity (Wildman–Crippen MR) is 152 cm³/mol. The van der Waals surface area contributed by atoms with E-state index in [9.17, 15) is 19.4 Å². The number of rotatable bonds is 4. The van der Waals surface area contributed by atoms with Gasteiger partial charge in [-0.25, -0.2) is 9.37 Å². The van der Waals surface area contributed by atoms with Gasteiger partial charge in [0.15, 0.2) is 0 Å². The minimum atomic E-state index is -1.14. The fourth-order valence-corrected chi connectivity index (χ4v) is 7.11. The number of nitrogens with one attached hydrogen (secondary N) is 1. The number of fused-ring (bicyclic) bond motifs is 1. The molecule has 41 heavy (non-hydrogen) atoms. The number of aromatic nitrogens is 2. The molecule has 2 aromatic carbocycles. The van der Waals surface area contributed by atoms with E-state index in [1.165, 1.54) is 18.2 Å². The number of halogens is 2. The zero-order valence-electron chi connectivity index (χ0n) is 22.6. The van der Waals surface area contributed by atoms with Crippen molar-refractivity contribution in [2.45, 2.75) is 61.6 Å². The van der Waals surface area contributed by atoms with Crippen molar-refractivity contribution >= 4 is 23.2 Å². The lowest BCUT2D eigenvalue weighted by Gasteiger charge is -2.40. The molecule has 0 saturated heterocycles. The van der Waals surface area contributed by atoms with Gasteiger partial charge in [-0.2, -0.15) is 5.26 Å². The van der Waals surface area contributed by atoms with E-state index < -0.39 is 17.0 Å². The Bertz CT molecular complexity index is 1600. The van der Waals surface area contributed by atoms with Crippen molar-refractivity contribution in [2.75, 3.05) is 5.32 Å². The van der Waals surface area contributed by atoms with Crippen molar-refractivity contribution in [3.05, 3.63) is 82.1 Å². The summed E-state index contributed by atoms with van der Waals surface area (Å²) in [6.45, 7) is 0. The van der Waals surface area contributed by atoms with Crippen LogP contribution in [0.3, 0.4) is 0 Å². The molecule has 3 aromatic rings. The van der Waals surface area contributed by atoms with Gasteiger partial charge >= 0.3 is 0 Å². The van der Waals surface area contributed by atoms with Gasteiger partial charge in [0.05, 0.1) is 28.7 Å². The first-order valence-electron chi connectivity index (χ1n) is 13.8. The number of amides is 1. The number of hydrogen-bond donors (Lipinski definition) is 3. The number of carbonyl (C=O) groups is 1.